The van der Waals surface area contributed by atoms with Gasteiger partial charge in [-0.1, -0.05) is 32.1 Å². The second-order valence-corrected chi connectivity index (χ2v) is 7.23. The average Bonchev–Trinajstić information content (AvgIpc) is 2.91. The van der Waals surface area contributed by atoms with Gasteiger partial charge in [0.25, 0.3) is 0 Å². The van der Waals surface area contributed by atoms with E-state index in [9.17, 15) is 8.42 Å². The summed E-state index contributed by atoms with van der Waals surface area (Å²) in [5.74, 6) is 0.876. The normalized spacial score (nSPS) is 17.7. The summed E-state index contributed by atoms with van der Waals surface area (Å²) < 4.78 is 28.3. The van der Waals surface area contributed by atoms with Crippen molar-refractivity contribution in [3.63, 3.8) is 0 Å². The van der Waals surface area contributed by atoms with E-state index in [0.29, 0.717) is 19.0 Å². The predicted octanol–water partition coefficient (Wildman–Crippen LogP) is 1.77. The molecule has 0 amide bonds. The molecule has 0 aliphatic heterocycles. The molecule has 0 saturated heterocycles. The number of hydrogen-bond donors (Lipinski definition) is 1. The Labute approximate surface area is 115 Å². The highest BCUT2D eigenvalue weighted by atomic mass is 32.2. The second kappa shape index (κ2) is 7.05. The molecule has 0 unspecified atom stereocenters. The molecule has 5 nitrogen and oxygen atoms in total. The monoisotopic (exact) mass is 285 g/mol. The average molecular weight is 285 g/mol. The Hall–Kier alpha value is -0.880. The molecule has 2 rings (SSSR count). The van der Waals surface area contributed by atoms with Crippen LogP contribution in [-0.4, -0.2) is 30.3 Å². The van der Waals surface area contributed by atoms with Gasteiger partial charge in [0.2, 0.25) is 10.0 Å². The van der Waals surface area contributed by atoms with Gasteiger partial charge in [-0.15, -0.1) is 0 Å². The number of aromatic nitrogens is 2. The fraction of sp³-hybridized carbons (Fsp3) is 0.769. The van der Waals surface area contributed by atoms with Gasteiger partial charge in [0.15, 0.2) is 0 Å². The Kier molecular flexibility index (Phi) is 5.39. The first-order valence-electron chi connectivity index (χ1n) is 7.09. The molecule has 0 bridgehead atoms. The van der Waals surface area contributed by atoms with E-state index >= 15 is 0 Å². The number of sulfonamides is 1. The Bertz CT molecular complexity index is 450. The molecule has 0 radical (unpaired) electrons. The Morgan fingerprint density at radius 1 is 1.26 bits per heavy atom. The molecule has 1 saturated carbocycles. The number of hydrogen-bond acceptors (Lipinski definition) is 3. The van der Waals surface area contributed by atoms with Crippen LogP contribution in [0.25, 0.3) is 0 Å². The van der Waals surface area contributed by atoms with Gasteiger partial charge in [-0.05, 0) is 12.3 Å². The van der Waals surface area contributed by atoms with Crippen molar-refractivity contribution in [2.24, 2.45) is 5.92 Å². The molecule has 0 atom stereocenters. The van der Waals surface area contributed by atoms with Gasteiger partial charge >= 0.3 is 0 Å². The molecule has 1 aliphatic rings. The largest absolute Gasteiger partial charge is 0.336 e. The van der Waals surface area contributed by atoms with E-state index < -0.39 is 10.0 Å². The zero-order valence-corrected chi connectivity index (χ0v) is 12.1. The Morgan fingerprint density at radius 2 is 2.05 bits per heavy atom. The maximum atomic E-state index is 11.9. The molecule has 19 heavy (non-hydrogen) atoms. The van der Waals surface area contributed by atoms with E-state index in [0.717, 1.165) is 6.42 Å². The molecule has 0 spiro atoms. The zero-order chi connectivity index (χ0) is 13.6. The summed E-state index contributed by atoms with van der Waals surface area (Å²) in [4.78, 5) is 3.92. The first-order valence-corrected chi connectivity index (χ1v) is 8.74. The summed E-state index contributed by atoms with van der Waals surface area (Å²) in [5.41, 5.74) is 0. The summed E-state index contributed by atoms with van der Waals surface area (Å²) in [6.45, 7) is 1.06. The minimum atomic E-state index is -3.12. The summed E-state index contributed by atoms with van der Waals surface area (Å²) in [6, 6.07) is 0. The van der Waals surface area contributed by atoms with Crippen LogP contribution in [0.15, 0.2) is 18.7 Å². The minimum Gasteiger partial charge on any atom is -0.336 e. The van der Waals surface area contributed by atoms with Gasteiger partial charge < -0.3 is 4.57 Å². The van der Waals surface area contributed by atoms with E-state index in [1.807, 2.05) is 10.8 Å². The lowest BCUT2D eigenvalue weighted by molar-refractivity contribution is 0.349. The highest BCUT2D eigenvalue weighted by Gasteiger charge is 2.17. The standard InChI is InChI=1S/C13H23N3O2S/c17-19(18,11-6-13-4-2-1-3-5-13)15-8-10-16-9-7-14-12-16/h7,9,12-13,15H,1-6,8,10-11H2. The van der Waals surface area contributed by atoms with Gasteiger partial charge in [-0.3, -0.25) is 0 Å². The van der Waals surface area contributed by atoms with Gasteiger partial charge in [0, 0.05) is 25.5 Å². The van der Waals surface area contributed by atoms with Crippen LogP contribution in [0.4, 0.5) is 0 Å². The Balaban J connectivity index is 1.66. The number of nitrogens with one attached hydrogen (secondary N) is 1. The molecule has 1 aliphatic carbocycles. The lowest BCUT2D eigenvalue weighted by Gasteiger charge is -2.21. The van der Waals surface area contributed by atoms with Gasteiger partial charge in [0.05, 0.1) is 12.1 Å². The van der Waals surface area contributed by atoms with Crippen LogP contribution in [0.1, 0.15) is 38.5 Å². The van der Waals surface area contributed by atoms with Crippen LogP contribution in [-0.2, 0) is 16.6 Å². The summed E-state index contributed by atoms with van der Waals surface area (Å²) in [6.07, 6.45) is 12.3. The van der Waals surface area contributed by atoms with E-state index in [2.05, 4.69) is 9.71 Å². The minimum absolute atomic E-state index is 0.265. The summed E-state index contributed by atoms with van der Waals surface area (Å²) >= 11 is 0. The second-order valence-electron chi connectivity index (χ2n) is 5.31. The molecular formula is C13H23N3O2S. The van der Waals surface area contributed by atoms with Crippen LogP contribution in [0.5, 0.6) is 0 Å². The molecule has 1 heterocycles. The first-order chi connectivity index (χ1) is 9.16. The quantitative estimate of drug-likeness (QED) is 0.830. The maximum Gasteiger partial charge on any atom is 0.211 e. The van der Waals surface area contributed by atoms with Crippen molar-refractivity contribution in [3.8, 4) is 0 Å². The molecule has 0 aromatic carbocycles. The molecule has 1 fully saturated rings. The highest BCUT2D eigenvalue weighted by molar-refractivity contribution is 7.89. The summed E-state index contributed by atoms with van der Waals surface area (Å²) in [7, 11) is -3.12. The van der Waals surface area contributed by atoms with Crippen LogP contribution in [0.2, 0.25) is 0 Å². The zero-order valence-electron chi connectivity index (χ0n) is 11.3. The lowest BCUT2D eigenvalue weighted by Crippen LogP contribution is -2.30. The fourth-order valence-electron chi connectivity index (χ4n) is 2.62. The number of nitrogens with zero attached hydrogens (tertiary/aromatic N) is 2. The Morgan fingerprint density at radius 3 is 2.74 bits per heavy atom. The van der Waals surface area contributed by atoms with Crippen LogP contribution >= 0.6 is 0 Å². The lowest BCUT2D eigenvalue weighted by atomic mass is 9.88. The number of rotatable bonds is 7. The first kappa shape index (κ1) is 14.5. The predicted molar refractivity (Wildman–Crippen MR) is 75.2 cm³/mol. The van der Waals surface area contributed by atoms with Crippen LogP contribution in [0, 0.1) is 5.92 Å². The molecule has 108 valence electrons. The van der Waals surface area contributed by atoms with Crippen molar-refractivity contribution >= 4 is 10.0 Å². The van der Waals surface area contributed by atoms with Crippen molar-refractivity contribution < 1.29 is 8.42 Å². The molecule has 1 N–H and O–H groups in total. The van der Waals surface area contributed by atoms with Crippen LogP contribution in [0.3, 0.4) is 0 Å². The van der Waals surface area contributed by atoms with Crippen molar-refractivity contribution in [1.82, 2.24) is 14.3 Å². The van der Waals surface area contributed by atoms with E-state index in [1.54, 1.807) is 12.5 Å². The van der Waals surface area contributed by atoms with Crippen molar-refractivity contribution in [1.29, 1.82) is 0 Å². The van der Waals surface area contributed by atoms with Gasteiger partial charge in [-0.2, -0.15) is 0 Å². The topological polar surface area (TPSA) is 64.0 Å². The fourth-order valence-corrected chi connectivity index (χ4v) is 3.81. The third kappa shape index (κ3) is 5.32. The SMILES string of the molecule is O=S(=O)(CCC1CCCCC1)NCCn1ccnc1. The van der Waals surface area contributed by atoms with E-state index in [1.165, 1.54) is 32.1 Å². The number of imidazole rings is 1. The molecule has 6 heteroatoms. The summed E-state index contributed by atoms with van der Waals surface area (Å²) in [5, 5.41) is 0. The third-order valence-electron chi connectivity index (χ3n) is 3.77. The smallest absolute Gasteiger partial charge is 0.211 e. The highest BCUT2D eigenvalue weighted by Crippen LogP contribution is 2.26. The third-order valence-corrected chi connectivity index (χ3v) is 5.19. The molecule has 1 aromatic rings. The maximum absolute atomic E-state index is 11.9. The van der Waals surface area contributed by atoms with Crippen molar-refractivity contribution in [2.45, 2.75) is 45.1 Å². The van der Waals surface area contributed by atoms with E-state index in [4.69, 9.17) is 0 Å². The molecular weight excluding hydrogens is 262 g/mol. The molecule has 1 aromatic heterocycles. The van der Waals surface area contributed by atoms with Gasteiger partial charge in [-0.25, -0.2) is 18.1 Å². The van der Waals surface area contributed by atoms with E-state index in [-0.39, 0.29) is 5.75 Å². The van der Waals surface area contributed by atoms with Crippen LogP contribution < -0.4 is 4.72 Å². The van der Waals surface area contributed by atoms with Gasteiger partial charge in [0.1, 0.15) is 0 Å². The van der Waals surface area contributed by atoms with Crippen molar-refractivity contribution in [2.75, 3.05) is 12.3 Å². The van der Waals surface area contributed by atoms with Crippen molar-refractivity contribution in [3.05, 3.63) is 18.7 Å².